The molecule has 1 aliphatic rings. The second kappa shape index (κ2) is 3.04. The van der Waals surface area contributed by atoms with Gasteiger partial charge in [0.1, 0.15) is 5.52 Å². The Balaban J connectivity index is 2.38. The van der Waals surface area contributed by atoms with Gasteiger partial charge in [0, 0.05) is 28.5 Å². The van der Waals surface area contributed by atoms with E-state index in [9.17, 15) is 4.39 Å². The molecule has 4 heteroatoms. The van der Waals surface area contributed by atoms with Crippen LogP contribution < -0.4 is 0 Å². The van der Waals surface area contributed by atoms with Gasteiger partial charge in [0.15, 0.2) is 5.82 Å². The van der Waals surface area contributed by atoms with E-state index in [0.29, 0.717) is 11.4 Å². The van der Waals surface area contributed by atoms with E-state index in [1.807, 2.05) is 17.8 Å². The fraction of sp³-hybridized carbons (Fsp3) is 0.364. The number of aromatic nitrogens is 2. The van der Waals surface area contributed by atoms with Gasteiger partial charge in [0.25, 0.3) is 0 Å². The molecule has 3 rings (SSSR count). The molecule has 2 nitrogen and oxygen atoms in total. The fourth-order valence-corrected chi connectivity index (χ4v) is 2.51. The van der Waals surface area contributed by atoms with Gasteiger partial charge in [0.05, 0.1) is 0 Å². The molecule has 0 saturated heterocycles. The molecule has 1 heterocycles. The molecule has 1 aliphatic carbocycles. The Morgan fingerprint density at radius 2 is 2.20 bits per heavy atom. The molecule has 78 valence electrons. The van der Waals surface area contributed by atoms with Crippen molar-refractivity contribution in [2.45, 2.75) is 18.8 Å². The first-order valence-corrected chi connectivity index (χ1v) is 5.78. The molecule has 1 fully saturated rings. The van der Waals surface area contributed by atoms with Gasteiger partial charge >= 0.3 is 0 Å². The second-order valence-electron chi connectivity index (χ2n) is 4.07. The summed E-state index contributed by atoms with van der Waals surface area (Å²) in [5, 5.41) is 5.19. The first kappa shape index (κ1) is 9.33. The first-order valence-electron chi connectivity index (χ1n) is 4.98. The summed E-state index contributed by atoms with van der Waals surface area (Å²) in [6.07, 6.45) is 2.39. The molecule has 1 aromatic carbocycles. The Hall–Kier alpha value is -0.900. The van der Waals surface area contributed by atoms with Crippen molar-refractivity contribution in [1.29, 1.82) is 0 Å². The standard InChI is InChI=1S/C11H10BrFN2/c1-15-11(6-2-3-6)8-4-7(12)5-9(13)10(8)14-15/h4-6H,2-3H2,1H3. The molecule has 0 bridgehead atoms. The third-order valence-corrected chi connectivity index (χ3v) is 3.32. The predicted octanol–water partition coefficient (Wildman–Crippen LogP) is 3.35. The number of hydrogen-bond acceptors (Lipinski definition) is 1. The molecule has 1 saturated carbocycles. The van der Waals surface area contributed by atoms with Crippen molar-refractivity contribution in [1.82, 2.24) is 9.78 Å². The van der Waals surface area contributed by atoms with E-state index < -0.39 is 0 Å². The van der Waals surface area contributed by atoms with E-state index in [1.165, 1.54) is 24.6 Å². The molecule has 2 aromatic rings. The van der Waals surface area contributed by atoms with Gasteiger partial charge in [-0.25, -0.2) is 4.39 Å². The summed E-state index contributed by atoms with van der Waals surface area (Å²) in [4.78, 5) is 0. The van der Waals surface area contributed by atoms with Crippen molar-refractivity contribution in [2.75, 3.05) is 0 Å². The van der Waals surface area contributed by atoms with Crippen molar-refractivity contribution in [3.63, 3.8) is 0 Å². The van der Waals surface area contributed by atoms with Gasteiger partial charge in [-0.15, -0.1) is 0 Å². The normalized spacial score (nSPS) is 16.2. The lowest BCUT2D eigenvalue weighted by Crippen LogP contribution is -1.95. The zero-order valence-electron chi connectivity index (χ0n) is 8.30. The SMILES string of the molecule is Cn1nc2c(F)cc(Br)cc2c1C1CC1. The Kier molecular flexibility index (Phi) is 1.89. The number of benzene rings is 1. The van der Waals surface area contributed by atoms with Crippen molar-refractivity contribution in [3.8, 4) is 0 Å². The number of rotatable bonds is 1. The van der Waals surface area contributed by atoms with Gasteiger partial charge in [-0.1, -0.05) is 15.9 Å². The van der Waals surface area contributed by atoms with Crippen molar-refractivity contribution in [2.24, 2.45) is 7.05 Å². The van der Waals surface area contributed by atoms with E-state index in [0.717, 1.165) is 9.86 Å². The topological polar surface area (TPSA) is 17.8 Å². The van der Waals surface area contributed by atoms with E-state index in [2.05, 4.69) is 21.0 Å². The van der Waals surface area contributed by atoms with Crippen LogP contribution in [-0.4, -0.2) is 9.78 Å². The van der Waals surface area contributed by atoms with Crippen LogP contribution in [0.4, 0.5) is 4.39 Å². The smallest absolute Gasteiger partial charge is 0.152 e. The number of hydrogen-bond donors (Lipinski definition) is 0. The minimum atomic E-state index is -0.248. The summed E-state index contributed by atoms with van der Waals surface area (Å²) in [6.45, 7) is 0. The van der Waals surface area contributed by atoms with Gasteiger partial charge in [-0.2, -0.15) is 5.10 Å². The quantitative estimate of drug-likeness (QED) is 0.776. The zero-order chi connectivity index (χ0) is 10.6. The highest BCUT2D eigenvalue weighted by atomic mass is 79.9. The van der Waals surface area contributed by atoms with Crippen LogP contribution in [0.2, 0.25) is 0 Å². The lowest BCUT2D eigenvalue weighted by molar-refractivity contribution is 0.630. The summed E-state index contributed by atoms with van der Waals surface area (Å²) in [5.41, 5.74) is 1.66. The number of aryl methyl sites for hydroxylation is 1. The van der Waals surface area contributed by atoms with Crippen LogP contribution in [0.3, 0.4) is 0 Å². The molecule has 0 radical (unpaired) electrons. The molecule has 0 spiro atoms. The van der Waals surface area contributed by atoms with Gasteiger partial charge in [-0.3, -0.25) is 4.68 Å². The first-order chi connectivity index (χ1) is 7.16. The average molecular weight is 269 g/mol. The van der Waals surface area contributed by atoms with Crippen LogP contribution in [0.5, 0.6) is 0 Å². The lowest BCUT2D eigenvalue weighted by Gasteiger charge is -1.99. The molecule has 0 N–H and O–H groups in total. The number of fused-ring (bicyclic) bond motifs is 1. The number of nitrogens with zero attached hydrogens (tertiary/aromatic N) is 2. The minimum Gasteiger partial charge on any atom is -0.271 e. The van der Waals surface area contributed by atoms with Crippen molar-refractivity contribution < 1.29 is 4.39 Å². The molecule has 0 aliphatic heterocycles. The van der Waals surface area contributed by atoms with Crippen LogP contribution in [0.1, 0.15) is 24.5 Å². The summed E-state index contributed by atoms with van der Waals surface area (Å²) < 4.78 is 16.2. The van der Waals surface area contributed by atoms with Crippen LogP contribution in [0.25, 0.3) is 10.9 Å². The maximum atomic E-state index is 13.6. The molecule has 15 heavy (non-hydrogen) atoms. The lowest BCUT2D eigenvalue weighted by atomic mass is 10.1. The maximum Gasteiger partial charge on any atom is 0.152 e. The number of halogens is 2. The van der Waals surface area contributed by atoms with Crippen molar-refractivity contribution >= 4 is 26.8 Å². The Bertz CT molecular complexity index is 543. The average Bonchev–Trinajstić information content (AvgIpc) is 2.91. The molecule has 1 aromatic heterocycles. The Morgan fingerprint density at radius 1 is 1.47 bits per heavy atom. The largest absolute Gasteiger partial charge is 0.271 e. The fourth-order valence-electron chi connectivity index (χ4n) is 2.08. The molecule has 0 amide bonds. The van der Waals surface area contributed by atoms with Gasteiger partial charge in [-0.05, 0) is 25.0 Å². The van der Waals surface area contributed by atoms with Crippen LogP contribution in [-0.2, 0) is 7.05 Å². The van der Waals surface area contributed by atoms with Crippen molar-refractivity contribution in [3.05, 3.63) is 28.1 Å². The van der Waals surface area contributed by atoms with E-state index in [-0.39, 0.29) is 5.82 Å². The molecule has 0 unspecified atom stereocenters. The highest BCUT2D eigenvalue weighted by Gasteiger charge is 2.29. The summed E-state index contributed by atoms with van der Waals surface area (Å²) in [5.74, 6) is 0.329. The molecular weight excluding hydrogens is 259 g/mol. The second-order valence-corrected chi connectivity index (χ2v) is 4.98. The Labute approximate surface area is 95.2 Å². The van der Waals surface area contributed by atoms with Gasteiger partial charge < -0.3 is 0 Å². The monoisotopic (exact) mass is 268 g/mol. The summed E-state index contributed by atoms with van der Waals surface area (Å²) >= 11 is 3.32. The predicted molar refractivity (Wildman–Crippen MR) is 60.3 cm³/mol. The highest BCUT2D eigenvalue weighted by Crippen LogP contribution is 2.43. The third kappa shape index (κ3) is 1.39. The Morgan fingerprint density at radius 3 is 2.87 bits per heavy atom. The maximum absolute atomic E-state index is 13.6. The van der Waals surface area contributed by atoms with Crippen LogP contribution in [0, 0.1) is 5.82 Å². The molecule has 0 atom stereocenters. The highest BCUT2D eigenvalue weighted by molar-refractivity contribution is 9.10. The van der Waals surface area contributed by atoms with E-state index >= 15 is 0 Å². The summed E-state index contributed by atoms with van der Waals surface area (Å²) in [6, 6.07) is 3.42. The summed E-state index contributed by atoms with van der Waals surface area (Å²) in [7, 11) is 1.89. The van der Waals surface area contributed by atoms with E-state index in [4.69, 9.17) is 0 Å². The van der Waals surface area contributed by atoms with E-state index in [1.54, 1.807) is 0 Å². The molecular formula is C11H10BrFN2. The van der Waals surface area contributed by atoms with Gasteiger partial charge in [0.2, 0.25) is 0 Å². The third-order valence-electron chi connectivity index (χ3n) is 2.87. The minimum absolute atomic E-state index is 0.248. The van der Waals surface area contributed by atoms with Crippen LogP contribution >= 0.6 is 15.9 Å². The van der Waals surface area contributed by atoms with Crippen LogP contribution in [0.15, 0.2) is 16.6 Å². The zero-order valence-corrected chi connectivity index (χ0v) is 9.88.